The number of unbranched alkanes of at least 4 members (excludes halogenated alkanes) is 1. The molecule has 2 rings (SSSR count). The number of hydrogen-bond acceptors (Lipinski definition) is 3. The van der Waals surface area contributed by atoms with Crippen LogP contribution in [0.2, 0.25) is 0 Å². The zero-order valence-corrected chi connectivity index (χ0v) is 13.2. The van der Waals surface area contributed by atoms with Gasteiger partial charge in [0.25, 0.3) is 0 Å². The Bertz CT molecular complexity index is 452. The predicted octanol–water partition coefficient (Wildman–Crippen LogP) is 2.37. The standard InChI is InChI=1S/C17H26N2O3/c1-21-11-6-5-9-15(14-7-3-2-4-8-14)16-13-22-12-10-19(16)17(18)20/h2-4,7-8,15-16H,5-6,9-13H2,1H3,(H2,18,20)/t15-,16?/m1/s1. The molecule has 0 aliphatic carbocycles. The monoisotopic (exact) mass is 306 g/mol. The average molecular weight is 306 g/mol. The van der Waals surface area contributed by atoms with Gasteiger partial charge in [0.2, 0.25) is 0 Å². The van der Waals surface area contributed by atoms with Gasteiger partial charge < -0.3 is 20.1 Å². The van der Waals surface area contributed by atoms with E-state index in [9.17, 15) is 4.79 Å². The molecule has 5 nitrogen and oxygen atoms in total. The first-order valence-corrected chi connectivity index (χ1v) is 7.91. The van der Waals surface area contributed by atoms with Gasteiger partial charge in [-0.1, -0.05) is 36.8 Å². The summed E-state index contributed by atoms with van der Waals surface area (Å²) >= 11 is 0. The van der Waals surface area contributed by atoms with Crippen molar-refractivity contribution in [1.82, 2.24) is 4.90 Å². The summed E-state index contributed by atoms with van der Waals surface area (Å²) in [6.45, 7) is 2.45. The van der Waals surface area contributed by atoms with Gasteiger partial charge in [-0.05, 0) is 18.4 Å². The van der Waals surface area contributed by atoms with Gasteiger partial charge in [0.05, 0.1) is 19.3 Å². The molecule has 122 valence electrons. The van der Waals surface area contributed by atoms with Crippen LogP contribution in [-0.2, 0) is 9.47 Å². The minimum atomic E-state index is -0.355. The van der Waals surface area contributed by atoms with E-state index in [2.05, 4.69) is 12.1 Å². The molecule has 1 aromatic carbocycles. The molecule has 2 atom stereocenters. The number of hydrogen-bond donors (Lipinski definition) is 1. The van der Waals surface area contributed by atoms with Gasteiger partial charge in [0.15, 0.2) is 0 Å². The van der Waals surface area contributed by atoms with E-state index in [4.69, 9.17) is 15.2 Å². The molecule has 2 amide bonds. The van der Waals surface area contributed by atoms with E-state index >= 15 is 0 Å². The molecular weight excluding hydrogens is 280 g/mol. The maximum atomic E-state index is 11.7. The summed E-state index contributed by atoms with van der Waals surface area (Å²) in [7, 11) is 1.72. The Kier molecular flexibility index (Phi) is 6.68. The van der Waals surface area contributed by atoms with Crippen molar-refractivity contribution in [2.75, 3.05) is 33.5 Å². The fourth-order valence-electron chi connectivity index (χ4n) is 3.12. The van der Waals surface area contributed by atoms with E-state index in [1.807, 2.05) is 18.2 Å². The van der Waals surface area contributed by atoms with E-state index in [-0.39, 0.29) is 18.0 Å². The van der Waals surface area contributed by atoms with Crippen molar-refractivity contribution < 1.29 is 14.3 Å². The molecule has 1 aliphatic rings. The summed E-state index contributed by atoms with van der Waals surface area (Å²) in [6.07, 6.45) is 3.06. The third-order valence-corrected chi connectivity index (χ3v) is 4.25. The molecule has 5 heteroatoms. The Morgan fingerprint density at radius 3 is 2.86 bits per heavy atom. The van der Waals surface area contributed by atoms with E-state index in [1.165, 1.54) is 5.56 Å². The highest BCUT2D eigenvalue weighted by atomic mass is 16.5. The van der Waals surface area contributed by atoms with Crippen LogP contribution in [0.15, 0.2) is 30.3 Å². The Balaban J connectivity index is 2.13. The summed E-state index contributed by atoms with van der Waals surface area (Å²) in [5, 5.41) is 0. The number of urea groups is 1. The highest BCUT2D eigenvalue weighted by molar-refractivity contribution is 5.72. The number of carbonyl (C=O) groups excluding carboxylic acids is 1. The molecule has 0 bridgehead atoms. The molecule has 1 unspecified atom stereocenters. The van der Waals surface area contributed by atoms with Crippen molar-refractivity contribution in [3.63, 3.8) is 0 Å². The molecule has 0 saturated carbocycles. The molecule has 0 spiro atoms. The van der Waals surface area contributed by atoms with Crippen molar-refractivity contribution >= 4 is 6.03 Å². The Hall–Kier alpha value is -1.59. The summed E-state index contributed by atoms with van der Waals surface area (Å²) in [6, 6.07) is 9.98. The van der Waals surface area contributed by atoms with Crippen LogP contribution in [0.25, 0.3) is 0 Å². The molecule has 0 aromatic heterocycles. The van der Waals surface area contributed by atoms with E-state index in [1.54, 1.807) is 12.0 Å². The number of methoxy groups -OCH3 is 1. The van der Waals surface area contributed by atoms with Crippen molar-refractivity contribution in [2.45, 2.75) is 31.2 Å². The summed E-state index contributed by atoms with van der Waals surface area (Å²) in [5.74, 6) is 0.242. The van der Waals surface area contributed by atoms with Crippen LogP contribution in [-0.4, -0.2) is 50.4 Å². The molecule has 2 N–H and O–H groups in total. The Morgan fingerprint density at radius 2 is 2.18 bits per heavy atom. The maximum absolute atomic E-state index is 11.7. The molecule has 1 fully saturated rings. The number of morpholine rings is 1. The number of ether oxygens (including phenoxy) is 2. The largest absolute Gasteiger partial charge is 0.385 e. The lowest BCUT2D eigenvalue weighted by Crippen LogP contribution is -2.53. The molecule has 1 saturated heterocycles. The second kappa shape index (κ2) is 8.76. The van der Waals surface area contributed by atoms with Crippen molar-refractivity contribution in [1.29, 1.82) is 0 Å². The van der Waals surface area contributed by atoms with Gasteiger partial charge in [0, 0.05) is 26.2 Å². The molecule has 1 heterocycles. The summed E-state index contributed by atoms with van der Waals surface area (Å²) < 4.78 is 10.7. The number of primary amides is 1. The zero-order valence-electron chi connectivity index (χ0n) is 13.2. The number of amides is 2. The van der Waals surface area contributed by atoms with Gasteiger partial charge in [0.1, 0.15) is 0 Å². The zero-order chi connectivity index (χ0) is 15.8. The lowest BCUT2D eigenvalue weighted by Gasteiger charge is -2.39. The lowest BCUT2D eigenvalue weighted by atomic mass is 9.86. The molecule has 0 radical (unpaired) electrons. The third kappa shape index (κ3) is 4.45. The van der Waals surface area contributed by atoms with E-state index in [0.717, 1.165) is 25.9 Å². The normalized spacial score (nSPS) is 19.9. The molecule has 1 aliphatic heterocycles. The minimum Gasteiger partial charge on any atom is -0.385 e. The smallest absolute Gasteiger partial charge is 0.315 e. The second-order valence-corrected chi connectivity index (χ2v) is 5.68. The van der Waals surface area contributed by atoms with Gasteiger partial charge in [-0.15, -0.1) is 0 Å². The van der Waals surface area contributed by atoms with Crippen molar-refractivity contribution in [3.8, 4) is 0 Å². The van der Waals surface area contributed by atoms with E-state index in [0.29, 0.717) is 19.8 Å². The Labute approximate surface area is 132 Å². The molecule has 22 heavy (non-hydrogen) atoms. The first kappa shape index (κ1) is 16.8. The van der Waals surface area contributed by atoms with Crippen molar-refractivity contribution in [2.24, 2.45) is 5.73 Å². The van der Waals surface area contributed by atoms with Gasteiger partial charge in [-0.25, -0.2) is 4.79 Å². The van der Waals surface area contributed by atoms with Crippen LogP contribution in [0, 0.1) is 0 Å². The highest BCUT2D eigenvalue weighted by Gasteiger charge is 2.33. The van der Waals surface area contributed by atoms with Crippen LogP contribution in [0.4, 0.5) is 4.79 Å². The van der Waals surface area contributed by atoms with Crippen LogP contribution in [0.1, 0.15) is 30.7 Å². The van der Waals surface area contributed by atoms with Crippen molar-refractivity contribution in [3.05, 3.63) is 35.9 Å². The summed E-state index contributed by atoms with van der Waals surface area (Å²) in [4.78, 5) is 13.5. The topological polar surface area (TPSA) is 64.8 Å². The van der Waals surface area contributed by atoms with Crippen LogP contribution in [0.3, 0.4) is 0 Å². The first-order valence-electron chi connectivity index (χ1n) is 7.91. The number of nitrogens with two attached hydrogens (primary N) is 1. The average Bonchev–Trinajstić information content (AvgIpc) is 2.56. The van der Waals surface area contributed by atoms with Crippen LogP contribution < -0.4 is 5.73 Å². The first-order chi connectivity index (χ1) is 10.7. The number of benzene rings is 1. The number of rotatable bonds is 7. The van der Waals surface area contributed by atoms with Crippen LogP contribution >= 0.6 is 0 Å². The maximum Gasteiger partial charge on any atom is 0.315 e. The van der Waals surface area contributed by atoms with Gasteiger partial charge in [-0.3, -0.25) is 0 Å². The second-order valence-electron chi connectivity index (χ2n) is 5.68. The number of carbonyl (C=O) groups is 1. The van der Waals surface area contributed by atoms with Gasteiger partial charge in [-0.2, -0.15) is 0 Å². The van der Waals surface area contributed by atoms with Crippen LogP contribution in [0.5, 0.6) is 0 Å². The quantitative estimate of drug-likeness (QED) is 0.787. The Morgan fingerprint density at radius 1 is 1.41 bits per heavy atom. The summed E-state index contributed by atoms with van der Waals surface area (Å²) in [5.41, 5.74) is 6.80. The lowest BCUT2D eigenvalue weighted by molar-refractivity contribution is 0.00304. The number of nitrogens with zero attached hydrogens (tertiary/aromatic N) is 1. The third-order valence-electron chi connectivity index (χ3n) is 4.25. The fourth-order valence-corrected chi connectivity index (χ4v) is 3.12. The predicted molar refractivity (Wildman–Crippen MR) is 85.8 cm³/mol. The molecular formula is C17H26N2O3. The fraction of sp³-hybridized carbons (Fsp3) is 0.588. The van der Waals surface area contributed by atoms with Gasteiger partial charge >= 0.3 is 6.03 Å². The minimum absolute atomic E-state index is 0.0104. The SMILES string of the molecule is COCCCC[C@H](c1ccccc1)C1COCCN1C(N)=O. The highest BCUT2D eigenvalue weighted by Crippen LogP contribution is 2.30. The molecule has 1 aromatic rings. The van der Waals surface area contributed by atoms with E-state index < -0.39 is 0 Å².